The van der Waals surface area contributed by atoms with Crippen molar-refractivity contribution in [1.29, 1.82) is 0 Å². The highest BCUT2D eigenvalue weighted by atomic mass is 32.1. The summed E-state index contributed by atoms with van der Waals surface area (Å²) in [5, 5.41) is 4.21. The van der Waals surface area contributed by atoms with Crippen LogP contribution in [0.3, 0.4) is 0 Å². The molecule has 0 bridgehead atoms. The first kappa shape index (κ1) is 26.7. The number of thiophene rings is 1. The summed E-state index contributed by atoms with van der Waals surface area (Å²) in [6.07, 6.45) is 1.49. The lowest BCUT2D eigenvalue weighted by Gasteiger charge is -2.31. The van der Waals surface area contributed by atoms with E-state index in [1.165, 1.54) is 17.7 Å². The number of ether oxygens (including phenoxy) is 4. The van der Waals surface area contributed by atoms with Gasteiger partial charge in [0.1, 0.15) is 40.0 Å². The normalized spacial score (nSPS) is 13.4. The van der Waals surface area contributed by atoms with E-state index >= 15 is 0 Å². The smallest absolute Gasteiger partial charge is 0.349 e. The van der Waals surface area contributed by atoms with Gasteiger partial charge in [0.2, 0.25) is 0 Å². The Morgan fingerprint density at radius 2 is 1.79 bits per heavy atom. The molecule has 1 N–H and O–H groups in total. The second-order valence-corrected chi connectivity index (χ2v) is 9.93. The van der Waals surface area contributed by atoms with Crippen molar-refractivity contribution in [3.63, 3.8) is 0 Å². The minimum Gasteiger partial charge on any atom is -0.492 e. The number of carbonyl (C=O) groups is 1. The van der Waals surface area contributed by atoms with Gasteiger partial charge in [-0.3, -0.25) is 0 Å². The van der Waals surface area contributed by atoms with Gasteiger partial charge in [0.25, 0.3) is 0 Å². The van der Waals surface area contributed by atoms with Crippen LogP contribution in [0.4, 0.5) is 17.2 Å². The number of esters is 1. The number of benzene rings is 2. The zero-order valence-electron chi connectivity index (χ0n) is 22.4. The van der Waals surface area contributed by atoms with Crippen molar-refractivity contribution in [2.75, 3.05) is 49.7 Å². The van der Waals surface area contributed by atoms with Crippen LogP contribution in [0.2, 0.25) is 0 Å². The maximum absolute atomic E-state index is 13.0. The lowest BCUT2D eigenvalue weighted by molar-refractivity contribution is 0.0478. The van der Waals surface area contributed by atoms with Crippen molar-refractivity contribution in [1.82, 2.24) is 9.97 Å². The van der Waals surface area contributed by atoms with Gasteiger partial charge in [0.15, 0.2) is 0 Å². The Labute approximate surface area is 231 Å². The summed E-state index contributed by atoms with van der Waals surface area (Å²) in [5.74, 6) is 1.64. The van der Waals surface area contributed by atoms with Gasteiger partial charge in [-0.1, -0.05) is 30.3 Å². The standard InChI is InChI=1S/C29H32N4O5S/c1-4-36-23-16-22(33-11-13-35-14-12-33)24(37-5-2)15-21(23)32-27-25-19(3)26(39-28(25)31-18-30-27)29(34)38-17-20-9-7-6-8-10-20/h6-10,15-16,18H,4-5,11-14,17H2,1-3H3,(H,30,31,32). The molecule has 3 heterocycles. The van der Waals surface area contributed by atoms with Crippen LogP contribution >= 0.6 is 11.3 Å². The molecule has 0 saturated carbocycles. The fraction of sp³-hybridized carbons (Fsp3) is 0.345. The minimum atomic E-state index is -0.381. The Balaban J connectivity index is 1.47. The highest BCUT2D eigenvalue weighted by molar-refractivity contribution is 7.20. The summed E-state index contributed by atoms with van der Waals surface area (Å²) in [5.41, 5.74) is 3.39. The first-order valence-corrected chi connectivity index (χ1v) is 13.9. The third-order valence-corrected chi connectivity index (χ3v) is 7.57. The Morgan fingerprint density at radius 3 is 2.54 bits per heavy atom. The number of hydrogen-bond donors (Lipinski definition) is 1. The number of morpholine rings is 1. The van der Waals surface area contributed by atoms with Gasteiger partial charge in [-0.2, -0.15) is 0 Å². The number of hydrogen-bond acceptors (Lipinski definition) is 10. The van der Waals surface area contributed by atoms with Crippen molar-refractivity contribution in [3.8, 4) is 11.5 Å². The largest absolute Gasteiger partial charge is 0.492 e. The van der Waals surface area contributed by atoms with Gasteiger partial charge in [-0.15, -0.1) is 11.3 Å². The average Bonchev–Trinajstić information content (AvgIpc) is 3.31. The topological polar surface area (TPSA) is 95.0 Å². The van der Waals surface area contributed by atoms with Gasteiger partial charge in [-0.25, -0.2) is 14.8 Å². The minimum absolute atomic E-state index is 0.206. The number of rotatable bonds is 10. The van der Waals surface area contributed by atoms with Crippen LogP contribution in [0, 0.1) is 6.92 Å². The maximum Gasteiger partial charge on any atom is 0.349 e. The van der Waals surface area contributed by atoms with E-state index in [9.17, 15) is 4.79 Å². The Morgan fingerprint density at radius 1 is 1.05 bits per heavy atom. The van der Waals surface area contributed by atoms with E-state index in [-0.39, 0.29) is 12.6 Å². The quantitative estimate of drug-likeness (QED) is 0.249. The molecule has 39 heavy (non-hydrogen) atoms. The number of nitrogens with zero attached hydrogens (tertiary/aromatic N) is 3. The molecule has 0 aliphatic carbocycles. The van der Waals surface area contributed by atoms with Gasteiger partial charge >= 0.3 is 5.97 Å². The number of aromatic nitrogens is 2. The molecule has 0 radical (unpaired) electrons. The molecule has 0 atom stereocenters. The molecular formula is C29H32N4O5S. The number of fused-ring (bicyclic) bond motifs is 1. The van der Waals surface area contributed by atoms with E-state index in [0.717, 1.165) is 46.7 Å². The van der Waals surface area contributed by atoms with Gasteiger partial charge in [-0.05, 0) is 31.9 Å². The summed E-state index contributed by atoms with van der Waals surface area (Å²) in [4.78, 5) is 25.4. The third-order valence-electron chi connectivity index (χ3n) is 6.39. The van der Waals surface area contributed by atoms with Crippen molar-refractivity contribution in [2.24, 2.45) is 0 Å². The molecule has 0 unspecified atom stereocenters. The summed E-state index contributed by atoms with van der Waals surface area (Å²) in [7, 11) is 0. The van der Waals surface area contributed by atoms with Crippen LogP contribution < -0.4 is 19.7 Å². The lowest BCUT2D eigenvalue weighted by atomic mass is 10.1. The second kappa shape index (κ2) is 12.3. The van der Waals surface area contributed by atoms with Crippen LogP contribution in [0.5, 0.6) is 11.5 Å². The molecule has 4 aromatic rings. The van der Waals surface area contributed by atoms with Gasteiger partial charge in [0.05, 0.1) is 43.2 Å². The second-order valence-electron chi connectivity index (χ2n) is 8.93. The maximum atomic E-state index is 13.0. The first-order chi connectivity index (χ1) is 19.1. The fourth-order valence-electron chi connectivity index (χ4n) is 4.52. The highest BCUT2D eigenvalue weighted by Crippen LogP contribution is 2.42. The third kappa shape index (κ3) is 5.91. The molecule has 9 nitrogen and oxygen atoms in total. The van der Waals surface area contributed by atoms with Crippen LogP contribution in [-0.2, 0) is 16.1 Å². The van der Waals surface area contributed by atoms with E-state index in [1.807, 2.05) is 63.2 Å². The molecule has 1 saturated heterocycles. The molecule has 2 aromatic carbocycles. The molecule has 204 valence electrons. The predicted octanol–water partition coefficient (Wildman–Crippen LogP) is 5.73. The molecule has 0 spiro atoms. The van der Waals surface area contributed by atoms with E-state index in [0.29, 0.717) is 47.7 Å². The number of carbonyl (C=O) groups excluding carboxylic acids is 1. The van der Waals surface area contributed by atoms with E-state index < -0.39 is 0 Å². The molecule has 2 aromatic heterocycles. The van der Waals surface area contributed by atoms with Gasteiger partial charge < -0.3 is 29.2 Å². The molecule has 5 rings (SSSR count). The van der Waals surface area contributed by atoms with Crippen molar-refractivity contribution in [3.05, 3.63) is 64.8 Å². The summed E-state index contributed by atoms with van der Waals surface area (Å²) < 4.78 is 23.2. The zero-order chi connectivity index (χ0) is 27.2. The molecular weight excluding hydrogens is 516 g/mol. The van der Waals surface area contributed by atoms with Crippen molar-refractivity contribution >= 4 is 44.7 Å². The number of aryl methyl sites for hydroxylation is 1. The zero-order valence-corrected chi connectivity index (χ0v) is 23.2. The predicted molar refractivity (Wildman–Crippen MR) is 153 cm³/mol. The van der Waals surface area contributed by atoms with E-state index in [1.54, 1.807) is 0 Å². The van der Waals surface area contributed by atoms with Crippen LogP contribution in [0.25, 0.3) is 10.2 Å². The Hall–Kier alpha value is -3.89. The van der Waals surface area contributed by atoms with Crippen LogP contribution in [0.1, 0.15) is 34.6 Å². The summed E-state index contributed by atoms with van der Waals surface area (Å²) in [6, 6.07) is 13.6. The van der Waals surface area contributed by atoms with Crippen molar-refractivity contribution in [2.45, 2.75) is 27.4 Å². The van der Waals surface area contributed by atoms with E-state index in [2.05, 4.69) is 20.2 Å². The van der Waals surface area contributed by atoms with Crippen LogP contribution in [-0.4, -0.2) is 55.5 Å². The highest BCUT2D eigenvalue weighted by Gasteiger charge is 2.23. The van der Waals surface area contributed by atoms with E-state index in [4.69, 9.17) is 18.9 Å². The molecule has 0 amide bonds. The molecule has 1 aliphatic rings. The molecule has 1 aliphatic heterocycles. The fourth-order valence-corrected chi connectivity index (χ4v) is 5.56. The van der Waals surface area contributed by atoms with Crippen molar-refractivity contribution < 1.29 is 23.7 Å². The monoisotopic (exact) mass is 548 g/mol. The van der Waals surface area contributed by atoms with Gasteiger partial charge in [0, 0.05) is 25.2 Å². The Bertz CT molecular complexity index is 1440. The average molecular weight is 549 g/mol. The molecule has 10 heteroatoms. The summed E-state index contributed by atoms with van der Waals surface area (Å²) >= 11 is 1.30. The SMILES string of the molecule is CCOc1cc(N2CCOCC2)c(OCC)cc1Nc1ncnc2sc(C(=O)OCc3ccccc3)c(C)c12. The van der Waals surface area contributed by atoms with Crippen LogP contribution in [0.15, 0.2) is 48.8 Å². The lowest BCUT2D eigenvalue weighted by Crippen LogP contribution is -2.36. The summed E-state index contributed by atoms with van der Waals surface area (Å²) in [6.45, 7) is 9.94. The first-order valence-electron chi connectivity index (χ1n) is 13.1. The number of anilines is 3. The Kier molecular flexibility index (Phi) is 8.43. The molecule has 1 fully saturated rings. The number of nitrogens with one attached hydrogen (secondary N) is 1.